The summed E-state index contributed by atoms with van der Waals surface area (Å²) in [7, 11) is 3.84. The maximum atomic E-state index is 13.5. The molecule has 1 atom stereocenters. The lowest BCUT2D eigenvalue weighted by molar-refractivity contribution is 0.0716. The van der Waals surface area contributed by atoms with E-state index in [0.29, 0.717) is 50.3 Å². The van der Waals surface area contributed by atoms with Crippen molar-refractivity contribution in [3.8, 4) is 0 Å². The van der Waals surface area contributed by atoms with Crippen molar-refractivity contribution in [3.05, 3.63) is 78.1 Å². The molecular weight excluding hydrogens is 447 g/mol. The van der Waals surface area contributed by atoms with Gasteiger partial charge in [0.25, 0.3) is 5.91 Å². The smallest absolute Gasteiger partial charge is 0.290 e. The zero-order valence-corrected chi connectivity index (χ0v) is 18.9. The van der Waals surface area contributed by atoms with Crippen LogP contribution in [0.5, 0.6) is 0 Å². The highest BCUT2D eigenvalue weighted by Gasteiger charge is 2.42. The first kappa shape index (κ1) is 21.2. The number of hydrogen-bond acceptors (Lipinski definition) is 4. The van der Waals surface area contributed by atoms with Gasteiger partial charge in [0.15, 0.2) is 5.43 Å². The van der Waals surface area contributed by atoms with Gasteiger partial charge in [0.05, 0.1) is 27.0 Å². The van der Waals surface area contributed by atoms with E-state index in [1.807, 2.05) is 25.9 Å². The fourth-order valence-corrected chi connectivity index (χ4v) is 4.18. The fraction of sp³-hybridized carbons (Fsp3) is 0.273. The summed E-state index contributed by atoms with van der Waals surface area (Å²) in [6.07, 6.45) is 0. The Morgan fingerprint density at radius 1 is 1.03 bits per heavy atom. The summed E-state index contributed by atoms with van der Waals surface area (Å²) in [6.45, 7) is 2.85. The van der Waals surface area contributed by atoms with E-state index in [1.54, 1.807) is 35.2 Å². The SMILES string of the molecule is Cc1cc2oc3c(c(=O)c2cc1Cl)C(c1ccc(Cl)c(Cl)c1)N(CCN(C)C)C3=O. The van der Waals surface area contributed by atoms with Gasteiger partial charge in [0, 0.05) is 18.1 Å². The Morgan fingerprint density at radius 2 is 1.77 bits per heavy atom. The summed E-state index contributed by atoms with van der Waals surface area (Å²) in [5.74, 6) is -0.265. The van der Waals surface area contributed by atoms with E-state index in [2.05, 4.69) is 0 Å². The van der Waals surface area contributed by atoms with Crippen molar-refractivity contribution in [1.82, 2.24) is 9.80 Å². The third kappa shape index (κ3) is 3.50. The number of likely N-dealkylation sites (N-methyl/N-ethyl adjacent to an activating group) is 1. The molecule has 0 N–H and O–H groups in total. The minimum atomic E-state index is -0.622. The second kappa shape index (κ2) is 7.89. The molecule has 30 heavy (non-hydrogen) atoms. The fourth-order valence-electron chi connectivity index (χ4n) is 3.71. The van der Waals surface area contributed by atoms with Crippen LogP contribution in [0.1, 0.15) is 33.3 Å². The highest BCUT2D eigenvalue weighted by molar-refractivity contribution is 6.42. The minimum absolute atomic E-state index is 0.0593. The van der Waals surface area contributed by atoms with Crippen LogP contribution in [-0.4, -0.2) is 42.9 Å². The zero-order valence-electron chi connectivity index (χ0n) is 16.6. The molecule has 0 fully saturated rings. The second-order valence-electron chi connectivity index (χ2n) is 7.65. The number of nitrogens with zero attached hydrogens (tertiary/aromatic N) is 2. The Labute approximate surface area is 188 Å². The van der Waals surface area contributed by atoms with Crippen molar-refractivity contribution in [2.75, 3.05) is 27.2 Å². The summed E-state index contributed by atoms with van der Waals surface area (Å²) in [6, 6.07) is 7.78. The van der Waals surface area contributed by atoms with Gasteiger partial charge in [-0.15, -0.1) is 0 Å². The van der Waals surface area contributed by atoms with Gasteiger partial charge in [-0.05, 0) is 56.4 Å². The average Bonchev–Trinajstić information content (AvgIpc) is 2.96. The molecule has 1 aromatic heterocycles. The van der Waals surface area contributed by atoms with E-state index >= 15 is 0 Å². The maximum Gasteiger partial charge on any atom is 0.290 e. The molecule has 1 aliphatic heterocycles. The largest absolute Gasteiger partial charge is 0.450 e. The molecule has 0 bridgehead atoms. The molecule has 0 radical (unpaired) electrons. The van der Waals surface area contributed by atoms with Crippen molar-refractivity contribution in [1.29, 1.82) is 0 Å². The summed E-state index contributed by atoms with van der Waals surface area (Å²) in [4.78, 5) is 30.4. The van der Waals surface area contributed by atoms with E-state index < -0.39 is 6.04 Å². The van der Waals surface area contributed by atoms with Crippen LogP contribution in [0.15, 0.2) is 39.5 Å². The number of halogens is 3. The number of carbonyl (C=O) groups is 1. The van der Waals surface area contributed by atoms with Crippen LogP contribution >= 0.6 is 34.8 Å². The van der Waals surface area contributed by atoms with Crippen LogP contribution in [0.2, 0.25) is 15.1 Å². The lowest BCUT2D eigenvalue weighted by atomic mass is 9.98. The zero-order chi connectivity index (χ0) is 21.7. The number of carbonyl (C=O) groups excluding carboxylic acids is 1. The number of benzene rings is 2. The van der Waals surface area contributed by atoms with Crippen LogP contribution in [0.4, 0.5) is 0 Å². The van der Waals surface area contributed by atoms with E-state index in [0.717, 1.165) is 5.56 Å². The maximum absolute atomic E-state index is 13.5. The third-order valence-electron chi connectivity index (χ3n) is 5.29. The van der Waals surface area contributed by atoms with Gasteiger partial charge in [-0.2, -0.15) is 0 Å². The normalized spacial score (nSPS) is 16.0. The Bertz CT molecular complexity index is 1240. The Morgan fingerprint density at radius 3 is 2.43 bits per heavy atom. The van der Waals surface area contributed by atoms with Crippen LogP contribution in [0.3, 0.4) is 0 Å². The quantitative estimate of drug-likeness (QED) is 0.533. The van der Waals surface area contributed by atoms with Crippen molar-refractivity contribution >= 4 is 51.7 Å². The molecule has 156 valence electrons. The molecule has 3 aromatic rings. The Balaban J connectivity index is 1.97. The molecular formula is C22H19Cl3N2O3. The standard InChI is InChI=1S/C22H19Cl3N2O3/c1-11-8-17-13(10-15(11)24)20(28)18-19(12-4-5-14(23)16(25)9-12)27(7-6-26(2)3)22(29)21(18)30-17/h4-5,8-10,19H,6-7H2,1-3H3. The minimum Gasteiger partial charge on any atom is -0.450 e. The summed E-state index contributed by atoms with van der Waals surface area (Å²) < 4.78 is 5.95. The first-order valence-electron chi connectivity index (χ1n) is 9.36. The third-order valence-corrected chi connectivity index (χ3v) is 6.44. The Kier molecular flexibility index (Phi) is 5.58. The van der Waals surface area contributed by atoms with Gasteiger partial charge in [-0.1, -0.05) is 40.9 Å². The Hall–Kier alpha value is -2.05. The van der Waals surface area contributed by atoms with Crippen molar-refractivity contribution in [2.24, 2.45) is 0 Å². The van der Waals surface area contributed by atoms with Crippen LogP contribution < -0.4 is 5.43 Å². The van der Waals surface area contributed by atoms with Gasteiger partial charge in [0.2, 0.25) is 5.76 Å². The number of fused-ring (bicyclic) bond motifs is 2. The monoisotopic (exact) mass is 464 g/mol. The van der Waals surface area contributed by atoms with Gasteiger partial charge < -0.3 is 14.2 Å². The molecule has 0 aliphatic carbocycles. The lowest BCUT2D eigenvalue weighted by Crippen LogP contribution is -2.35. The van der Waals surface area contributed by atoms with Gasteiger partial charge in [-0.3, -0.25) is 9.59 Å². The number of amides is 1. The van der Waals surface area contributed by atoms with E-state index in [4.69, 9.17) is 39.2 Å². The molecule has 0 spiro atoms. The first-order chi connectivity index (χ1) is 14.2. The number of aryl methyl sites for hydroxylation is 1. The van der Waals surface area contributed by atoms with Gasteiger partial charge in [0.1, 0.15) is 5.58 Å². The number of hydrogen-bond donors (Lipinski definition) is 0. The molecule has 0 saturated carbocycles. The van der Waals surface area contributed by atoms with Gasteiger partial charge >= 0.3 is 0 Å². The van der Waals surface area contributed by atoms with Gasteiger partial charge in [-0.25, -0.2) is 0 Å². The van der Waals surface area contributed by atoms with Crippen molar-refractivity contribution in [3.63, 3.8) is 0 Å². The highest BCUT2D eigenvalue weighted by atomic mass is 35.5. The van der Waals surface area contributed by atoms with E-state index in [-0.39, 0.29) is 17.1 Å². The molecule has 2 aromatic carbocycles. The summed E-state index contributed by atoms with van der Waals surface area (Å²) >= 11 is 18.6. The molecule has 8 heteroatoms. The number of rotatable bonds is 4. The lowest BCUT2D eigenvalue weighted by Gasteiger charge is -2.26. The molecule has 1 amide bonds. The highest BCUT2D eigenvalue weighted by Crippen LogP contribution is 2.40. The van der Waals surface area contributed by atoms with E-state index in [9.17, 15) is 9.59 Å². The summed E-state index contributed by atoms with van der Waals surface area (Å²) in [5, 5.41) is 1.57. The van der Waals surface area contributed by atoms with Crippen LogP contribution in [0, 0.1) is 6.92 Å². The van der Waals surface area contributed by atoms with E-state index in [1.165, 1.54) is 0 Å². The molecule has 1 unspecified atom stereocenters. The predicted molar refractivity (Wildman–Crippen MR) is 120 cm³/mol. The second-order valence-corrected chi connectivity index (χ2v) is 8.87. The molecule has 0 saturated heterocycles. The van der Waals surface area contributed by atoms with Crippen molar-refractivity contribution < 1.29 is 9.21 Å². The molecule has 2 heterocycles. The predicted octanol–water partition coefficient (Wildman–Crippen LogP) is 5.17. The molecule has 1 aliphatic rings. The average molecular weight is 466 g/mol. The molecule has 5 nitrogen and oxygen atoms in total. The first-order valence-corrected chi connectivity index (χ1v) is 10.5. The topological polar surface area (TPSA) is 53.8 Å². The van der Waals surface area contributed by atoms with Crippen molar-refractivity contribution in [2.45, 2.75) is 13.0 Å². The summed E-state index contributed by atoms with van der Waals surface area (Å²) in [5.41, 5.74) is 1.83. The molecule has 4 rings (SSSR count). The van der Waals surface area contributed by atoms with Crippen LogP contribution in [-0.2, 0) is 0 Å². The van der Waals surface area contributed by atoms with Crippen LogP contribution in [0.25, 0.3) is 11.0 Å².